The van der Waals surface area contributed by atoms with Gasteiger partial charge in [0.15, 0.2) is 11.4 Å². The largest absolute Gasteiger partial charge is 0.573 e. The van der Waals surface area contributed by atoms with Crippen LogP contribution >= 0.6 is 11.6 Å². The molecule has 0 atom stereocenters. The molecule has 1 aromatic heterocycles. The standard InChI is InChI=1S/C9H5ClF5NO3/c10-2-3-1-4(19-9(13,14)15)6(8(17)18)16-5(3)7(11)12/h1,7H,2H2,(H,17,18). The maximum absolute atomic E-state index is 12.6. The number of nitrogens with zero attached hydrogens (tertiary/aromatic N) is 1. The molecule has 0 fully saturated rings. The minimum Gasteiger partial charge on any atom is -0.476 e. The average molecular weight is 306 g/mol. The summed E-state index contributed by atoms with van der Waals surface area (Å²) in [6, 6.07) is 0.485. The van der Waals surface area contributed by atoms with Gasteiger partial charge in [-0.3, -0.25) is 0 Å². The number of carboxylic acids is 1. The summed E-state index contributed by atoms with van der Waals surface area (Å²) >= 11 is 5.29. The normalized spacial score (nSPS) is 11.7. The van der Waals surface area contributed by atoms with Gasteiger partial charge in [0.2, 0.25) is 0 Å². The summed E-state index contributed by atoms with van der Waals surface area (Å²) in [4.78, 5) is 13.7. The molecule has 0 aliphatic carbocycles. The molecule has 0 unspecified atom stereocenters. The number of rotatable bonds is 4. The zero-order valence-corrected chi connectivity index (χ0v) is 9.60. The molecule has 0 amide bonds. The molecule has 106 valence electrons. The van der Waals surface area contributed by atoms with E-state index >= 15 is 0 Å². The van der Waals surface area contributed by atoms with Crippen LogP contribution in [0.25, 0.3) is 0 Å². The second-order valence-electron chi connectivity index (χ2n) is 3.17. The molecule has 0 bridgehead atoms. The minimum absolute atomic E-state index is 0.444. The Kier molecular flexibility index (Phi) is 4.51. The monoisotopic (exact) mass is 305 g/mol. The van der Waals surface area contributed by atoms with E-state index in [0.717, 1.165) is 0 Å². The molecule has 19 heavy (non-hydrogen) atoms. The molecule has 0 saturated carbocycles. The van der Waals surface area contributed by atoms with E-state index in [4.69, 9.17) is 16.7 Å². The van der Waals surface area contributed by atoms with Gasteiger partial charge in [-0.2, -0.15) is 0 Å². The van der Waals surface area contributed by atoms with Crippen LogP contribution in [0.2, 0.25) is 0 Å². The second kappa shape index (κ2) is 5.55. The van der Waals surface area contributed by atoms with Crippen molar-refractivity contribution in [1.82, 2.24) is 4.98 Å². The lowest BCUT2D eigenvalue weighted by molar-refractivity contribution is -0.274. The maximum atomic E-state index is 12.6. The van der Waals surface area contributed by atoms with Crippen LogP contribution < -0.4 is 4.74 Å². The van der Waals surface area contributed by atoms with Gasteiger partial charge in [-0.25, -0.2) is 18.6 Å². The number of hydrogen-bond donors (Lipinski definition) is 1. The van der Waals surface area contributed by atoms with E-state index in [1.165, 1.54) is 0 Å². The van der Waals surface area contributed by atoms with Crippen LogP contribution in [0.15, 0.2) is 6.07 Å². The lowest BCUT2D eigenvalue weighted by Gasteiger charge is -2.14. The fourth-order valence-electron chi connectivity index (χ4n) is 1.20. The van der Waals surface area contributed by atoms with Gasteiger partial charge in [-0.1, -0.05) is 0 Å². The molecular weight excluding hydrogens is 301 g/mol. The number of halogens is 6. The van der Waals surface area contributed by atoms with E-state index < -0.39 is 47.3 Å². The topological polar surface area (TPSA) is 59.4 Å². The molecule has 0 aliphatic rings. The van der Waals surface area contributed by atoms with Crippen molar-refractivity contribution in [3.63, 3.8) is 0 Å². The molecule has 0 spiro atoms. The van der Waals surface area contributed by atoms with Gasteiger partial charge in [0.05, 0.1) is 0 Å². The van der Waals surface area contributed by atoms with Crippen LogP contribution in [0.1, 0.15) is 28.2 Å². The van der Waals surface area contributed by atoms with Crippen molar-refractivity contribution in [2.75, 3.05) is 0 Å². The van der Waals surface area contributed by atoms with Gasteiger partial charge in [0.1, 0.15) is 5.69 Å². The van der Waals surface area contributed by atoms with Crippen molar-refractivity contribution in [1.29, 1.82) is 0 Å². The van der Waals surface area contributed by atoms with Crippen molar-refractivity contribution in [3.8, 4) is 5.75 Å². The van der Waals surface area contributed by atoms with E-state index in [2.05, 4.69) is 9.72 Å². The number of aromatic nitrogens is 1. The molecule has 1 aromatic rings. The SMILES string of the molecule is O=C(O)c1nc(C(F)F)c(CCl)cc1OC(F)(F)F. The smallest absolute Gasteiger partial charge is 0.476 e. The predicted octanol–water partition coefficient (Wildman–Crippen LogP) is 3.35. The van der Waals surface area contributed by atoms with E-state index in [9.17, 15) is 26.7 Å². The van der Waals surface area contributed by atoms with E-state index in [1.807, 2.05) is 0 Å². The molecular formula is C9H5ClF5NO3. The van der Waals surface area contributed by atoms with Crippen LogP contribution in [0, 0.1) is 0 Å². The summed E-state index contributed by atoms with van der Waals surface area (Å²) in [5, 5.41) is 8.64. The Balaban J connectivity index is 3.40. The highest BCUT2D eigenvalue weighted by Gasteiger charge is 2.34. The molecule has 1 rings (SSSR count). The zero-order valence-electron chi connectivity index (χ0n) is 8.84. The number of pyridine rings is 1. The van der Waals surface area contributed by atoms with Gasteiger partial charge in [-0.05, 0) is 11.6 Å². The highest BCUT2D eigenvalue weighted by Crippen LogP contribution is 2.31. The van der Waals surface area contributed by atoms with Gasteiger partial charge >= 0.3 is 12.3 Å². The van der Waals surface area contributed by atoms with Crippen molar-refractivity contribution >= 4 is 17.6 Å². The predicted molar refractivity (Wildman–Crippen MR) is 52.4 cm³/mol. The van der Waals surface area contributed by atoms with E-state index in [1.54, 1.807) is 0 Å². The van der Waals surface area contributed by atoms with Crippen molar-refractivity contribution < 1.29 is 36.6 Å². The fourth-order valence-corrected chi connectivity index (χ4v) is 1.41. The highest BCUT2D eigenvalue weighted by molar-refractivity contribution is 6.17. The number of aromatic carboxylic acids is 1. The molecule has 1 N–H and O–H groups in total. The average Bonchev–Trinajstić information content (AvgIpc) is 2.25. The Morgan fingerprint density at radius 3 is 2.42 bits per heavy atom. The van der Waals surface area contributed by atoms with Crippen molar-refractivity contribution in [2.24, 2.45) is 0 Å². The quantitative estimate of drug-likeness (QED) is 0.684. The summed E-state index contributed by atoms with van der Waals surface area (Å²) in [5.74, 6) is -3.69. The van der Waals surface area contributed by atoms with Crippen LogP contribution in [-0.4, -0.2) is 22.4 Å². The second-order valence-corrected chi connectivity index (χ2v) is 3.43. The first-order chi connectivity index (χ1) is 8.65. The zero-order chi connectivity index (χ0) is 14.8. The first kappa shape index (κ1) is 15.4. The first-order valence-corrected chi connectivity index (χ1v) is 5.06. The summed E-state index contributed by atoms with van der Waals surface area (Å²) in [5.41, 5.74) is -2.70. The molecule has 1 heterocycles. The number of carbonyl (C=O) groups is 1. The summed E-state index contributed by atoms with van der Waals surface area (Å²) in [6.45, 7) is 0. The first-order valence-electron chi connectivity index (χ1n) is 4.52. The Morgan fingerprint density at radius 1 is 1.47 bits per heavy atom. The third kappa shape index (κ3) is 3.91. The lowest BCUT2D eigenvalue weighted by Crippen LogP contribution is -2.20. The number of alkyl halides is 6. The molecule has 0 radical (unpaired) electrons. The van der Waals surface area contributed by atoms with Crippen molar-refractivity contribution in [2.45, 2.75) is 18.7 Å². The molecule has 4 nitrogen and oxygen atoms in total. The summed E-state index contributed by atoms with van der Waals surface area (Å²) in [7, 11) is 0. The third-order valence-corrected chi connectivity index (χ3v) is 2.17. The van der Waals surface area contributed by atoms with Gasteiger partial charge < -0.3 is 9.84 Å². The van der Waals surface area contributed by atoms with Crippen LogP contribution in [0.4, 0.5) is 22.0 Å². The lowest BCUT2D eigenvalue weighted by atomic mass is 10.2. The van der Waals surface area contributed by atoms with Gasteiger partial charge in [0.25, 0.3) is 6.43 Å². The van der Waals surface area contributed by atoms with E-state index in [0.29, 0.717) is 6.07 Å². The van der Waals surface area contributed by atoms with Crippen LogP contribution in [0.5, 0.6) is 5.75 Å². The Hall–Kier alpha value is -1.64. The Labute approximate surface area is 107 Å². The number of hydrogen-bond acceptors (Lipinski definition) is 3. The number of carboxylic acid groups (broad SMARTS) is 1. The Morgan fingerprint density at radius 2 is 2.05 bits per heavy atom. The Bertz CT molecular complexity index is 491. The molecule has 0 aromatic carbocycles. The van der Waals surface area contributed by atoms with Gasteiger partial charge in [0, 0.05) is 5.88 Å². The fraction of sp³-hybridized carbons (Fsp3) is 0.333. The summed E-state index contributed by atoms with van der Waals surface area (Å²) in [6.07, 6.45) is -8.35. The summed E-state index contributed by atoms with van der Waals surface area (Å²) < 4.78 is 64.7. The maximum Gasteiger partial charge on any atom is 0.573 e. The third-order valence-electron chi connectivity index (χ3n) is 1.88. The molecule has 0 saturated heterocycles. The molecule has 10 heteroatoms. The van der Waals surface area contributed by atoms with Crippen molar-refractivity contribution in [3.05, 3.63) is 23.0 Å². The highest BCUT2D eigenvalue weighted by atomic mass is 35.5. The van der Waals surface area contributed by atoms with Crippen LogP contribution in [-0.2, 0) is 5.88 Å². The van der Waals surface area contributed by atoms with E-state index in [-0.39, 0.29) is 0 Å². The molecule has 0 aliphatic heterocycles. The number of ether oxygens (including phenoxy) is 1. The van der Waals surface area contributed by atoms with Gasteiger partial charge in [-0.15, -0.1) is 24.8 Å². The van der Waals surface area contributed by atoms with Crippen LogP contribution in [0.3, 0.4) is 0 Å². The minimum atomic E-state index is -5.18.